The zero-order valence-electron chi connectivity index (χ0n) is 7.41. The van der Waals surface area contributed by atoms with E-state index in [0.29, 0.717) is 0 Å². The van der Waals surface area contributed by atoms with Crippen molar-refractivity contribution in [1.29, 1.82) is 0 Å². The highest BCUT2D eigenvalue weighted by Crippen LogP contribution is 2.37. The smallest absolute Gasteiger partial charge is 0.173 e. The Labute approximate surface area is 81.5 Å². The van der Waals surface area contributed by atoms with Crippen LogP contribution in [0.4, 0.5) is 0 Å². The van der Waals surface area contributed by atoms with Gasteiger partial charge in [0.25, 0.3) is 0 Å². The molecule has 0 unspecified atom stereocenters. The average Bonchev–Trinajstić information content (AvgIpc) is 2.74. The minimum atomic E-state index is -0.252. The van der Waals surface area contributed by atoms with E-state index in [9.17, 15) is 0 Å². The first-order valence-electron chi connectivity index (χ1n) is 4.71. The predicted molar refractivity (Wildman–Crippen MR) is 51.0 cm³/mol. The first-order valence-corrected chi connectivity index (χ1v) is 5.59. The molecule has 2 heterocycles. The van der Waals surface area contributed by atoms with Crippen molar-refractivity contribution in [2.45, 2.75) is 25.0 Å². The number of thiophene rings is 1. The molecule has 0 amide bonds. The summed E-state index contributed by atoms with van der Waals surface area (Å²) in [5, 5.41) is 2.17. The Hall–Kier alpha value is -0.380. The molecule has 3 heteroatoms. The van der Waals surface area contributed by atoms with Gasteiger partial charge in [-0.25, -0.2) is 0 Å². The fourth-order valence-electron chi connectivity index (χ4n) is 2.15. The van der Waals surface area contributed by atoms with E-state index in [4.69, 9.17) is 9.47 Å². The van der Waals surface area contributed by atoms with Crippen LogP contribution in [0.1, 0.15) is 16.9 Å². The largest absolute Gasteiger partial charge is 0.347 e. The van der Waals surface area contributed by atoms with Gasteiger partial charge in [0.2, 0.25) is 0 Å². The summed E-state index contributed by atoms with van der Waals surface area (Å²) in [5.74, 6) is -0.252. The third-order valence-corrected chi connectivity index (χ3v) is 3.82. The number of hydrogen-bond donors (Lipinski definition) is 0. The normalized spacial score (nSPS) is 24.9. The first-order chi connectivity index (χ1) is 6.38. The molecule has 1 aromatic rings. The van der Waals surface area contributed by atoms with Crippen molar-refractivity contribution >= 4 is 11.3 Å². The van der Waals surface area contributed by atoms with Gasteiger partial charge < -0.3 is 9.47 Å². The van der Waals surface area contributed by atoms with E-state index < -0.39 is 0 Å². The minimum Gasteiger partial charge on any atom is -0.347 e. The van der Waals surface area contributed by atoms with E-state index in [2.05, 4.69) is 11.4 Å². The van der Waals surface area contributed by atoms with Crippen molar-refractivity contribution in [3.63, 3.8) is 0 Å². The Morgan fingerprint density at radius 3 is 3.00 bits per heavy atom. The van der Waals surface area contributed by atoms with E-state index in [-0.39, 0.29) is 5.79 Å². The van der Waals surface area contributed by atoms with Crippen molar-refractivity contribution < 1.29 is 9.47 Å². The van der Waals surface area contributed by atoms with E-state index in [0.717, 1.165) is 32.5 Å². The molecular formula is C10H12O2S. The fourth-order valence-corrected chi connectivity index (χ4v) is 3.17. The SMILES string of the molecule is c1cc2c(s1)CC1(CC2)OCCO1. The summed E-state index contributed by atoms with van der Waals surface area (Å²) in [6.45, 7) is 1.53. The summed E-state index contributed by atoms with van der Waals surface area (Å²) in [6.07, 6.45) is 3.09. The van der Waals surface area contributed by atoms with Gasteiger partial charge in [-0.1, -0.05) is 0 Å². The van der Waals surface area contributed by atoms with Crippen LogP contribution in [-0.2, 0) is 22.3 Å². The lowest BCUT2D eigenvalue weighted by Crippen LogP contribution is -2.36. The Morgan fingerprint density at radius 1 is 1.31 bits per heavy atom. The molecule has 3 rings (SSSR count). The van der Waals surface area contributed by atoms with Gasteiger partial charge in [0.05, 0.1) is 13.2 Å². The Kier molecular flexibility index (Phi) is 1.72. The average molecular weight is 196 g/mol. The van der Waals surface area contributed by atoms with Crippen LogP contribution in [0.2, 0.25) is 0 Å². The summed E-state index contributed by atoms with van der Waals surface area (Å²) in [4.78, 5) is 1.45. The molecule has 1 aliphatic carbocycles. The van der Waals surface area contributed by atoms with Gasteiger partial charge >= 0.3 is 0 Å². The van der Waals surface area contributed by atoms with Gasteiger partial charge in [0, 0.05) is 17.7 Å². The highest BCUT2D eigenvalue weighted by molar-refractivity contribution is 7.10. The lowest BCUT2D eigenvalue weighted by molar-refractivity contribution is -0.163. The maximum atomic E-state index is 5.69. The van der Waals surface area contributed by atoms with Gasteiger partial charge in [-0.2, -0.15) is 0 Å². The third-order valence-electron chi connectivity index (χ3n) is 2.86. The zero-order valence-corrected chi connectivity index (χ0v) is 8.23. The van der Waals surface area contributed by atoms with Gasteiger partial charge in [-0.15, -0.1) is 11.3 Å². The monoisotopic (exact) mass is 196 g/mol. The molecule has 0 N–H and O–H groups in total. The highest BCUT2D eigenvalue weighted by atomic mass is 32.1. The van der Waals surface area contributed by atoms with Crippen molar-refractivity contribution in [2.75, 3.05) is 13.2 Å². The van der Waals surface area contributed by atoms with E-state index >= 15 is 0 Å². The van der Waals surface area contributed by atoms with Gasteiger partial charge in [-0.3, -0.25) is 0 Å². The summed E-state index contributed by atoms with van der Waals surface area (Å²) in [6, 6.07) is 2.22. The second-order valence-electron chi connectivity index (χ2n) is 3.65. The predicted octanol–water partition coefficient (Wildman–Crippen LogP) is 1.98. The fraction of sp³-hybridized carbons (Fsp3) is 0.600. The number of hydrogen-bond acceptors (Lipinski definition) is 3. The number of fused-ring (bicyclic) bond motifs is 1. The van der Waals surface area contributed by atoms with Crippen LogP contribution in [0.5, 0.6) is 0 Å². The van der Waals surface area contributed by atoms with Crippen LogP contribution in [-0.4, -0.2) is 19.0 Å². The highest BCUT2D eigenvalue weighted by Gasteiger charge is 2.40. The minimum absolute atomic E-state index is 0.252. The zero-order chi connectivity index (χ0) is 8.73. The number of rotatable bonds is 0. The summed E-state index contributed by atoms with van der Waals surface area (Å²) < 4.78 is 11.4. The molecule has 1 aliphatic heterocycles. The Morgan fingerprint density at radius 2 is 2.15 bits per heavy atom. The Balaban J connectivity index is 1.91. The number of ether oxygens (including phenoxy) is 2. The van der Waals surface area contributed by atoms with Gasteiger partial charge in [0.15, 0.2) is 5.79 Å². The Bertz CT molecular complexity index is 312. The molecule has 1 aromatic heterocycles. The quantitative estimate of drug-likeness (QED) is 0.631. The van der Waals surface area contributed by atoms with Crippen LogP contribution in [0, 0.1) is 0 Å². The standard InChI is InChI=1S/C10H12O2S/c1-3-10(11-4-5-12-10)7-9-8(1)2-6-13-9/h2,6H,1,3-5,7H2. The summed E-state index contributed by atoms with van der Waals surface area (Å²) in [5.41, 5.74) is 1.50. The third kappa shape index (κ3) is 1.23. The first kappa shape index (κ1) is 7.97. The lowest BCUT2D eigenvalue weighted by Gasteiger charge is -2.31. The molecule has 1 fully saturated rings. The van der Waals surface area contributed by atoms with Crippen LogP contribution < -0.4 is 0 Å². The molecule has 13 heavy (non-hydrogen) atoms. The molecule has 0 bridgehead atoms. The van der Waals surface area contributed by atoms with E-state index in [1.165, 1.54) is 10.4 Å². The van der Waals surface area contributed by atoms with E-state index in [1.54, 1.807) is 0 Å². The second kappa shape index (κ2) is 2.80. The molecule has 0 atom stereocenters. The van der Waals surface area contributed by atoms with Crippen molar-refractivity contribution in [3.05, 3.63) is 21.9 Å². The van der Waals surface area contributed by atoms with Crippen molar-refractivity contribution in [2.24, 2.45) is 0 Å². The van der Waals surface area contributed by atoms with Crippen LogP contribution >= 0.6 is 11.3 Å². The second-order valence-corrected chi connectivity index (χ2v) is 4.65. The molecule has 70 valence electrons. The van der Waals surface area contributed by atoms with Gasteiger partial charge in [-0.05, 0) is 23.4 Å². The summed E-state index contributed by atoms with van der Waals surface area (Å²) in [7, 11) is 0. The molecule has 2 nitrogen and oxygen atoms in total. The molecule has 2 aliphatic rings. The van der Waals surface area contributed by atoms with Gasteiger partial charge in [0.1, 0.15) is 0 Å². The summed E-state index contributed by atoms with van der Waals surface area (Å²) >= 11 is 1.83. The van der Waals surface area contributed by atoms with Crippen LogP contribution in [0.25, 0.3) is 0 Å². The van der Waals surface area contributed by atoms with Crippen LogP contribution in [0.15, 0.2) is 11.4 Å². The molecular weight excluding hydrogens is 184 g/mol. The number of aryl methyl sites for hydroxylation is 1. The van der Waals surface area contributed by atoms with Crippen molar-refractivity contribution in [1.82, 2.24) is 0 Å². The van der Waals surface area contributed by atoms with Crippen LogP contribution in [0.3, 0.4) is 0 Å². The molecule has 0 saturated carbocycles. The molecule has 0 aromatic carbocycles. The van der Waals surface area contributed by atoms with E-state index in [1.807, 2.05) is 11.3 Å². The molecule has 0 radical (unpaired) electrons. The maximum absolute atomic E-state index is 5.69. The van der Waals surface area contributed by atoms with Crippen molar-refractivity contribution in [3.8, 4) is 0 Å². The lowest BCUT2D eigenvalue weighted by atomic mass is 9.94. The maximum Gasteiger partial charge on any atom is 0.173 e. The molecule has 1 spiro atoms. The molecule has 1 saturated heterocycles. The topological polar surface area (TPSA) is 18.5 Å².